The Kier molecular flexibility index (Phi) is 8.66. The van der Waals surface area contributed by atoms with Gasteiger partial charge in [0.05, 0.1) is 47.5 Å². The molecule has 0 saturated carbocycles. The minimum absolute atomic E-state index is 0.135. The fourth-order valence-corrected chi connectivity index (χ4v) is 4.61. The molecule has 41 heavy (non-hydrogen) atoms. The summed E-state index contributed by atoms with van der Waals surface area (Å²) in [4.78, 5) is 31.0. The van der Waals surface area contributed by atoms with Gasteiger partial charge in [-0.25, -0.2) is 9.97 Å². The number of hydrogen-bond donors (Lipinski definition) is 2. The highest BCUT2D eigenvalue weighted by Gasteiger charge is 2.45. The van der Waals surface area contributed by atoms with E-state index in [1.807, 2.05) is 26.0 Å². The van der Waals surface area contributed by atoms with Gasteiger partial charge in [0.2, 0.25) is 11.9 Å². The molecule has 2 aliphatic heterocycles. The maximum absolute atomic E-state index is 13.6. The monoisotopic (exact) mass is 570 g/mol. The largest absolute Gasteiger partial charge is 0.494 e. The Morgan fingerprint density at radius 3 is 2.63 bits per heavy atom. The summed E-state index contributed by atoms with van der Waals surface area (Å²) in [7, 11) is 7.39. The molecular weight excluding hydrogens is 537 g/mol. The van der Waals surface area contributed by atoms with Crippen LogP contribution in [-0.4, -0.2) is 85.1 Å². The Balaban J connectivity index is 1.65. The van der Waals surface area contributed by atoms with E-state index >= 15 is 0 Å². The number of benzene rings is 1. The first kappa shape index (κ1) is 29.6. The standard InChI is InChI=1S/C28H33F3N8O2/c1-7-24(40)34-20-15-21(23(41-6)16-22(20)38(5)14-13-37(3)4)36-27-32-11-10-19(35-27)25-17(2)33-26-18(28(29,30)31)9-8-12-39(25)26/h7-12,15-17,25H,1,13-14H2,2-6H3,(H,34,40)(H,32,35,36). The summed E-state index contributed by atoms with van der Waals surface area (Å²) >= 11 is 0. The molecule has 4 rings (SSSR count). The summed E-state index contributed by atoms with van der Waals surface area (Å²) in [6.07, 6.45) is 2.13. The molecule has 0 spiro atoms. The molecule has 2 atom stereocenters. The lowest BCUT2D eigenvalue weighted by atomic mass is 10.1. The van der Waals surface area contributed by atoms with Gasteiger partial charge in [0.15, 0.2) is 0 Å². The number of amidine groups is 1. The number of carbonyl (C=O) groups excluding carboxylic acids is 1. The lowest BCUT2D eigenvalue weighted by Crippen LogP contribution is -2.35. The van der Waals surface area contributed by atoms with E-state index in [1.54, 1.807) is 31.3 Å². The summed E-state index contributed by atoms with van der Waals surface area (Å²) in [5.74, 6) is 0.156. The predicted octanol–water partition coefficient (Wildman–Crippen LogP) is 4.51. The first-order valence-electron chi connectivity index (χ1n) is 12.9. The van der Waals surface area contributed by atoms with Crippen LogP contribution >= 0.6 is 0 Å². The number of methoxy groups -OCH3 is 1. The zero-order valence-corrected chi connectivity index (χ0v) is 23.5. The molecule has 2 unspecified atom stereocenters. The van der Waals surface area contributed by atoms with Gasteiger partial charge >= 0.3 is 6.18 Å². The van der Waals surface area contributed by atoms with E-state index in [1.165, 1.54) is 30.4 Å². The van der Waals surface area contributed by atoms with Gasteiger partial charge in [-0.05, 0) is 51.4 Å². The Morgan fingerprint density at radius 2 is 1.98 bits per heavy atom. The first-order chi connectivity index (χ1) is 19.4. The highest BCUT2D eigenvalue weighted by atomic mass is 19.4. The fraction of sp³-hybridized carbons (Fsp3) is 0.357. The van der Waals surface area contributed by atoms with Crippen LogP contribution in [0.1, 0.15) is 18.7 Å². The Bertz CT molecular complexity index is 1400. The number of carbonyl (C=O) groups is 1. The van der Waals surface area contributed by atoms with Gasteiger partial charge in [-0.15, -0.1) is 0 Å². The molecule has 2 aliphatic rings. The van der Waals surface area contributed by atoms with Crippen molar-refractivity contribution in [3.8, 4) is 5.75 Å². The number of likely N-dealkylation sites (N-methyl/N-ethyl adjacent to an activating group) is 2. The van der Waals surface area contributed by atoms with Crippen molar-refractivity contribution in [1.82, 2.24) is 19.8 Å². The van der Waals surface area contributed by atoms with Crippen molar-refractivity contribution in [2.24, 2.45) is 4.99 Å². The van der Waals surface area contributed by atoms with Crippen LogP contribution in [0, 0.1) is 0 Å². The number of anilines is 4. The SMILES string of the molecule is C=CC(=O)Nc1cc(Nc2nccc(C3C(C)N=C4C(C(F)(F)F)=CC=CN43)n2)c(OC)cc1N(C)CCN(C)C. The van der Waals surface area contributed by atoms with Crippen LogP contribution in [0.25, 0.3) is 0 Å². The smallest absolute Gasteiger partial charge is 0.419 e. The molecule has 2 aromatic rings. The number of hydrogen-bond acceptors (Lipinski definition) is 9. The number of alkyl halides is 3. The third-order valence-corrected chi connectivity index (χ3v) is 6.66. The molecule has 13 heteroatoms. The van der Waals surface area contributed by atoms with E-state index < -0.39 is 23.8 Å². The summed E-state index contributed by atoms with van der Waals surface area (Å²) in [5.41, 5.74) is 1.42. The van der Waals surface area contributed by atoms with Crippen LogP contribution in [0.3, 0.4) is 0 Å². The van der Waals surface area contributed by atoms with Gasteiger partial charge in [-0.2, -0.15) is 13.2 Å². The molecule has 1 amide bonds. The second-order valence-electron chi connectivity index (χ2n) is 9.88. The summed E-state index contributed by atoms with van der Waals surface area (Å²) < 4.78 is 46.5. The molecule has 0 aliphatic carbocycles. The average molecular weight is 571 g/mol. The summed E-state index contributed by atoms with van der Waals surface area (Å²) in [6.45, 7) is 6.75. The van der Waals surface area contributed by atoms with Gasteiger partial charge in [0, 0.05) is 38.6 Å². The van der Waals surface area contributed by atoms with Crippen molar-refractivity contribution >= 4 is 34.8 Å². The van der Waals surface area contributed by atoms with E-state index in [2.05, 4.69) is 37.1 Å². The maximum Gasteiger partial charge on any atom is 0.419 e. The zero-order valence-electron chi connectivity index (χ0n) is 23.5. The molecule has 218 valence electrons. The van der Waals surface area contributed by atoms with Gasteiger partial charge in [-0.3, -0.25) is 9.79 Å². The minimum atomic E-state index is -4.53. The predicted molar refractivity (Wildman–Crippen MR) is 154 cm³/mol. The van der Waals surface area contributed by atoms with E-state index in [0.717, 1.165) is 18.3 Å². The highest BCUT2D eigenvalue weighted by Crippen LogP contribution is 2.41. The molecule has 1 aromatic heterocycles. The average Bonchev–Trinajstić information content (AvgIpc) is 3.26. The molecule has 3 heterocycles. The highest BCUT2D eigenvalue weighted by molar-refractivity contribution is 6.03. The van der Waals surface area contributed by atoms with E-state index in [4.69, 9.17) is 4.74 Å². The molecule has 2 N–H and O–H groups in total. The second-order valence-corrected chi connectivity index (χ2v) is 9.88. The van der Waals surface area contributed by atoms with Crippen molar-refractivity contribution in [2.75, 3.05) is 56.9 Å². The summed E-state index contributed by atoms with van der Waals surface area (Å²) in [6, 6.07) is 4.11. The van der Waals surface area contributed by atoms with Crippen molar-refractivity contribution in [2.45, 2.75) is 25.2 Å². The lowest BCUT2D eigenvalue weighted by Gasteiger charge is -2.29. The third kappa shape index (κ3) is 6.51. The molecule has 10 nitrogen and oxygen atoms in total. The van der Waals surface area contributed by atoms with Crippen LogP contribution in [-0.2, 0) is 4.79 Å². The van der Waals surface area contributed by atoms with Crippen molar-refractivity contribution in [3.05, 3.63) is 66.7 Å². The van der Waals surface area contributed by atoms with Crippen LogP contribution in [0.2, 0.25) is 0 Å². The number of nitrogens with zero attached hydrogens (tertiary/aromatic N) is 6. The van der Waals surface area contributed by atoms with Gasteiger partial charge < -0.3 is 30.1 Å². The van der Waals surface area contributed by atoms with E-state index in [9.17, 15) is 18.0 Å². The fourth-order valence-electron chi connectivity index (χ4n) is 4.61. The van der Waals surface area contributed by atoms with Crippen molar-refractivity contribution in [1.29, 1.82) is 0 Å². The number of ether oxygens (including phenoxy) is 1. The summed E-state index contributed by atoms with van der Waals surface area (Å²) in [5, 5.41) is 5.98. The van der Waals surface area contributed by atoms with Gasteiger partial charge in [0.1, 0.15) is 11.6 Å². The number of nitrogens with one attached hydrogen (secondary N) is 2. The lowest BCUT2D eigenvalue weighted by molar-refractivity contribution is -0.111. The van der Waals surface area contributed by atoms with E-state index in [0.29, 0.717) is 29.4 Å². The molecule has 1 aromatic carbocycles. The number of fused-ring (bicyclic) bond motifs is 1. The number of aliphatic imine (C=N–C) groups is 1. The minimum Gasteiger partial charge on any atom is -0.494 e. The molecule has 0 saturated heterocycles. The van der Waals surface area contributed by atoms with Crippen LogP contribution in [0.15, 0.2) is 66.0 Å². The Labute approximate surface area is 236 Å². The van der Waals surface area contributed by atoms with Gasteiger partial charge in [0.25, 0.3) is 0 Å². The Morgan fingerprint density at radius 1 is 1.22 bits per heavy atom. The number of rotatable bonds is 10. The topological polar surface area (TPSA) is 98.2 Å². The molecule has 0 bridgehead atoms. The van der Waals surface area contributed by atoms with Gasteiger partial charge in [-0.1, -0.05) is 6.58 Å². The van der Waals surface area contributed by atoms with Crippen molar-refractivity contribution < 1.29 is 22.7 Å². The maximum atomic E-state index is 13.6. The van der Waals surface area contributed by atoms with Crippen molar-refractivity contribution in [3.63, 3.8) is 0 Å². The second kappa shape index (κ2) is 12.0. The number of halogens is 3. The van der Waals surface area contributed by atoms with Crippen LogP contribution in [0.5, 0.6) is 5.75 Å². The molecular formula is C28H33F3N8O2. The normalized spacial score (nSPS) is 18.0. The first-order valence-corrected chi connectivity index (χ1v) is 12.9. The van der Waals surface area contributed by atoms with Crippen LogP contribution < -0.4 is 20.3 Å². The Hall–Kier alpha value is -4.39. The van der Waals surface area contributed by atoms with E-state index in [-0.39, 0.29) is 17.7 Å². The zero-order chi connectivity index (χ0) is 29.9. The quantitative estimate of drug-likeness (QED) is 0.403. The number of amides is 1. The molecule has 0 radical (unpaired) electrons. The third-order valence-electron chi connectivity index (χ3n) is 6.66. The van der Waals surface area contributed by atoms with Crippen LogP contribution in [0.4, 0.5) is 36.2 Å². The number of allylic oxidation sites excluding steroid dienone is 2. The molecule has 0 fully saturated rings. The number of aromatic nitrogens is 2.